The molecule has 6 heteroatoms. The molecule has 0 saturated carbocycles. The normalized spacial score (nSPS) is 21.5. The molecule has 1 aliphatic rings. The van der Waals surface area contributed by atoms with E-state index in [0.29, 0.717) is 16.8 Å². The van der Waals surface area contributed by atoms with Crippen molar-refractivity contribution in [2.24, 2.45) is 5.41 Å². The number of benzene rings is 1. The van der Waals surface area contributed by atoms with Crippen LogP contribution in [-0.2, 0) is 4.74 Å². The number of aromatic hydroxyl groups is 1. The molecule has 1 saturated heterocycles. The van der Waals surface area contributed by atoms with Gasteiger partial charge >= 0.3 is 6.09 Å². The summed E-state index contributed by atoms with van der Waals surface area (Å²) < 4.78 is 10.7. The number of phenolic OH excluding ortho intramolecular Hbond substituents is 1. The van der Waals surface area contributed by atoms with E-state index in [-0.39, 0.29) is 17.2 Å². The van der Waals surface area contributed by atoms with Gasteiger partial charge in [0.05, 0.1) is 17.6 Å². The zero-order valence-corrected chi connectivity index (χ0v) is 12.6. The standard InChI is InChI=1S/C13H16BrNO4/c1-13(2)6-19-12(17)15-11(13)7-4-8(14)10(16)9(5-7)18-3/h4-5,11,16H,6H2,1-3H3,(H,15,17)/t11-/m0/s1. The minimum absolute atomic E-state index is 0.0439. The maximum atomic E-state index is 11.4. The first-order valence-corrected chi connectivity index (χ1v) is 6.64. The molecule has 1 aliphatic heterocycles. The summed E-state index contributed by atoms with van der Waals surface area (Å²) in [5.74, 6) is 0.406. The Morgan fingerprint density at radius 3 is 2.84 bits per heavy atom. The maximum absolute atomic E-state index is 11.4. The Morgan fingerprint density at radius 2 is 2.21 bits per heavy atom. The summed E-state index contributed by atoms with van der Waals surface area (Å²) in [6, 6.07) is 3.29. The average molecular weight is 330 g/mol. The van der Waals surface area contributed by atoms with Gasteiger partial charge in [-0.3, -0.25) is 0 Å². The van der Waals surface area contributed by atoms with Crippen molar-refractivity contribution in [2.75, 3.05) is 13.7 Å². The number of hydrogen-bond donors (Lipinski definition) is 2. The fourth-order valence-corrected chi connectivity index (χ4v) is 2.60. The molecule has 19 heavy (non-hydrogen) atoms. The van der Waals surface area contributed by atoms with Crippen LogP contribution in [0.3, 0.4) is 0 Å². The highest BCUT2D eigenvalue weighted by Crippen LogP contribution is 2.42. The lowest BCUT2D eigenvalue weighted by Gasteiger charge is -2.38. The number of ether oxygens (including phenoxy) is 2. The Bertz CT molecular complexity index is 516. The fourth-order valence-electron chi connectivity index (χ4n) is 2.14. The zero-order chi connectivity index (χ0) is 14.2. The number of carbonyl (C=O) groups excluding carboxylic acids is 1. The van der Waals surface area contributed by atoms with Gasteiger partial charge < -0.3 is 19.9 Å². The predicted molar refractivity (Wildman–Crippen MR) is 73.4 cm³/mol. The first kappa shape index (κ1) is 14.0. The molecule has 5 nitrogen and oxygen atoms in total. The summed E-state index contributed by atoms with van der Waals surface area (Å²) in [6.45, 7) is 4.35. The third kappa shape index (κ3) is 2.63. The molecule has 1 atom stereocenters. The topological polar surface area (TPSA) is 67.8 Å². The summed E-state index contributed by atoms with van der Waals surface area (Å²) in [4.78, 5) is 11.4. The van der Waals surface area contributed by atoms with Crippen LogP contribution in [0, 0.1) is 5.41 Å². The van der Waals surface area contributed by atoms with Crippen molar-refractivity contribution in [1.29, 1.82) is 0 Å². The van der Waals surface area contributed by atoms with E-state index in [0.717, 1.165) is 5.56 Å². The zero-order valence-electron chi connectivity index (χ0n) is 11.0. The van der Waals surface area contributed by atoms with Crippen LogP contribution in [0.25, 0.3) is 0 Å². The molecule has 0 aromatic heterocycles. The Kier molecular flexibility index (Phi) is 3.62. The van der Waals surface area contributed by atoms with Crippen molar-refractivity contribution in [1.82, 2.24) is 5.32 Å². The average Bonchev–Trinajstić information content (AvgIpc) is 2.35. The third-order valence-electron chi connectivity index (χ3n) is 3.22. The van der Waals surface area contributed by atoms with Gasteiger partial charge in [-0.15, -0.1) is 0 Å². The summed E-state index contributed by atoms with van der Waals surface area (Å²) in [7, 11) is 1.49. The van der Waals surface area contributed by atoms with Crippen LogP contribution in [0.4, 0.5) is 4.79 Å². The van der Waals surface area contributed by atoms with Gasteiger partial charge in [-0.05, 0) is 33.6 Å². The van der Waals surface area contributed by atoms with Crippen molar-refractivity contribution >= 4 is 22.0 Å². The summed E-state index contributed by atoms with van der Waals surface area (Å²) >= 11 is 3.28. The summed E-state index contributed by atoms with van der Waals surface area (Å²) in [5, 5.41) is 12.6. The number of phenols is 1. The largest absolute Gasteiger partial charge is 0.503 e. The summed E-state index contributed by atoms with van der Waals surface area (Å²) in [5.41, 5.74) is 0.596. The number of methoxy groups -OCH3 is 1. The first-order chi connectivity index (χ1) is 8.85. The number of nitrogens with one attached hydrogen (secondary N) is 1. The quantitative estimate of drug-likeness (QED) is 0.875. The minimum Gasteiger partial charge on any atom is -0.503 e. The third-order valence-corrected chi connectivity index (χ3v) is 3.83. The van der Waals surface area contributed by atoms with Crippen LogP contribution in [0.15, 0.2) is 16.6 Å². The molecule has 0 radical (unpaired) electrons. The van der Waals surface area contributed by atoms with Crippen LogP contribution in [-0.4, -0.2) is 24.9 Å². The van der Waals surface area contributed by atoms with Crippen LogP contribution >= 0.6 is 15.9 Å². The van der Waals surface area contributed by atoms with Crippen LogP contribution < -0.4 is 10.1 Å². The van der Waals surface area contributed by atoms with Crippen molar-refractivity contribution in [3.63, 3.8) is 0 Å². The highest BCUT2D eigenvalue weighted by Gasteiger charge is 2.38. The van der Waals surface area contributed by atoms with Gasteiger partial charge in [-0.25, -0.2) is 4.79 Å². The molecular weight excluding hydrogens is 314 g/mol. The van der Waals surface area contributed by atoms with E-state index in [1.54, 1.807) is 12.1 Å². The van der Waals surface area contributed by atoms with Gasteiger partial charge in [0.15, 0.2) is 11.5 Å². The molecule has 1 aromatic carbocycles. The van der Waals surface area contributed by atoms with E-state index in [1.165, 1.54) is 7.11 Å². The molecule has 1 amide bonds. The Balaban J connectivity index is 2.45. The van der Waals surface area contributed by atoms with Crippen molar-refractivity contribution in [2.45, 2.75) is 19.9 Å². The molecule has 1 fully saturated rings. The maximum Gasteiger partial charge on any atom is 0.407 e. The monoisotopic (exact) mass is 329 g/mol. The second-order valence-corrected chi connectivity index (χ2v) is 6.05. The van der Waals surface area contributed by atoms with Gasteiger partial charge in [0.2, 0.25) is 0 Å². The van der Waals surface area contributed by atoms with Crippen LogP contribution in [0.5, 0.6) is 11.5 Å². The molecule has 2 rings (SSSR count). The lowest BCUT2D eigenvalue weighted by atomic mass is 9.80. The second kappa shape index (κ2) is 4.92. The number of halogens is 1. The minimum atomic E-state index is -0.438. The van der Waals surface area contributed by atoms with Crippen molar-refractivity contribution in [3.05, 3.63) is 22.2 Å². The van der Waals surface area contributed by atoms with Crippen LogP contribution in [0.2, 0.25) is 0 Å². The van der Waals surface area contributed by atoms with E-state index < -0.39 is 6.09 Å². The van der Waals surface area contributed by atoms with Gasteiger partial charge in [-0.2, -0.15) is 0 Å². The van der Waals surface area contributed by atoms with Crippen molar-refractivity contribution in [3.8, 4) is 11.5 Å². The van der Waals surface area contributed by atoms with E-state index in [9.17, 15) is 9.90 Å². The van der Waals surface area contributed by atoms with E-state index >= 15 is 0 Å². The number of alkyl carbamates (subject to hydrolysis) is 1. The first-order valence-electron chi connectivity index (χ1n) is 5.85. The fraction of sp³-hybridized carbons (Fsp3) is 0.462. The molecule has 1 aromatic rings. The van der Waals surface area contributed by atoms with Gasteiger partial charge in [0, 0.05) is 5.41 Å². The number of hydrogen-bond acceptors (Lipinski definition) is 4. The lowest BCUT2D eigenvalue weighted by molar-refractivity contribution is 0.0386. The lowest BCUT2D eigenvalue weighted by Crippen LogP contribution is -2.46. The Morgan fingerprint density at radius 1 is 1.53 bits per heavy atom. The number of carbonyl (C=O) groups is 1. The highest BCUT2D eigenvalue weighted by atomic mass is 79.9. The number of cyclic esters (lactones) is 1. The van der Waals surface area contributed by atoms with Crippen molar-refractivity contribution < 1.29 is 19.4 Å². The molecule has 0 bridgehead atoms. The SMILES string of the molecule is COc1cc([C@@H]2NC(=O)OCC2(C)C)cc(Br)c1O. The van der Waals surface area contributed by atoms with E-state index in [1.807, 2.05) is 13.8 Å². The molecule has 2 N–H and O–H groups in total. The van der Waals surface area contributed by atoms with Gasteiger partial charge in [-0.1, -0.05) is 13.8 Å². The second-order valence-electron chi connectivity index (χ2n) is 5.20. The molecule has 0 aliphatic carbocycles. The molecule has 104 valence electrons. The van der Waals surface area contributed by atoms with E-state index in [2.05, 4.69) is 21.2 Å². The molecular formula is C13H16BrNO4. The summed E-state index contributed by atoms with van der Waals surface area (Å²) in [6.07, 6.45) is -0.438. The molecule has 0 unspecified atom stereocenters. The number of amides is 1. The Hall–Kier alpha value is -1.43. The van der Waals surface area contributed by atoms with Crippen LogP contribution in [0.1, 0.15) is 25.5 Å². The number of rotatable bonds is 2. The van der Waals surface area contributed by atoms with Gasteiger partial charge in [0.1, 0.15) is 6.61 Å². The predicted octanol–water partition coefficient (Wildman–Crippen LogP) is 2.97. The van der Waals surface area contributed by atoms with E-state index in [4.69, 9.17) is 9.47 Å². The Labute approximate surface area is 120 Å². The molecule has 0 spiro atoms. The molecule has 1 heterocycles. The smallest absolute Gasteiger partial charge is 0.407 e. The van der Waals surface area contributed by atoms with Gasteiger partial charge in [0.25, 0.3) is 0 Å². The highest BCUT2D eigenvalue weighted by molar-refractivity contribution is 9.10.